The van der Waals surface area contributed by atoms with Crippen LogP contribution in [0.5, 0.6) is 0 Å². The van der Waals surface area contributed by atoms with Crippen molar-refractivity contribution < 1.29 is 19.2 Å². The summed E-state index contributed by atoms with van der Waals surface area (Å²) in [6, 6.07) is 4.33. The van der Waals surface area contributed by atoms with E-state index in [1.165, 1.54) is 6.07 Å². The summed E-state index contributed by atoms with van der Waals surface area (Å²) in [5.41, 5.74) is -0.630. The Morgan fingerprint density at radius 3 is 2.71 bits per heavy atom. The molecule has 21 heavy (non-hydrogen) atoms. The predicted molar refractivity (Wildman–Crippen MR) is 72.5 cm³/mol. The number of carboxylic acid groups (broad SMARTS) is 1. The second-order valence-electron chi connectivity index (χ2n) is 3.90. The highest BCUT2D eigenvalue weighted by Gasteiger charge is 2.18. The fourth-order valence-corrected chi connectivity index (χ4v) is 1.75. The normalized spacial score (nSPS) is 10.2. The number of pyridine rings is 1. The standard InChI is InChI=1S/C12H7ClFN3O4/c13-9-3-6(14)1-2-10(9)16-11-8(12(18)19)4-7(5-15-11)17(20)21/h1-5H,(H,15,16)(H,18,19). The molecule has 0 radical (unpaired) electrons. The van der Waals surface area contributed by atoms with Gasteiger partial charge in [0.05, 0.1) is 15.6 Å². The van der Waals surface area contributed by atoms with Crippen LogP contribution in [0.25, 0.3) is 0 Å². The van der Waals surface area contributed by atoms with Gasteiger partial charge in [0.2, 0.25) is 0 Å². The molecule has 2 aromatic rings. The molecule has 7 nitrogen and oxygen atoms in total. The van der Waals surface area contributed by atoms with E-state index in [1.54, 1.807) is 0 Å². The summed E-state index contributed by atoms with van der Waals surface area (Å²) >= 11 is 5.81. The minimum Gasteiger partial charge on any atom is -0.478 e. The number of rotatable bonds is 4. The molecule has 2 N–H and O–H groups in total. The maximum absolute atomic E-state index is 12.9. The van der Waals surface area contributed by atoms with Gasteiger partial charge in [-0.3, -0.25) is 10.1 Å². The van der Waals surface area contributed by atoms with Crippen molar-refractivity contribution >= 4 is 34.8 Å². The number of halogens is 2. The molecule has 0 aliphatic heterocycles. The molecule has 1 aromatic carbocycles. The summed E-state index contributed by atoms with van der Waals surface area (Å²) in [5.74, 6) is -2.09. The van der Waals surface area contributed by atoms with Crippen molar-refractivity contribution in [1.29, 1.82) is 0 Å². The highest BCUT2D eigenvalue weighted by molar-refractivity contribution is 6.33. The van der Waals surface area contributed by atoms with Gasteiger partial charge in [-0.05, 0) is 18.2 Å². The number of aromatic nitrogens is 1. The molecule has 0 fully saturated rings. The minimum absolute atomic E-state index is 0.0199. The number of nitrogens with one attached hydrogen (secondary N) is 1. The highest BCUT2D eigenvalue weighted by Crippen LogP contribution is 2.28. The van der Waals surface area contributed by atoms with E-state index in [2.05, 4.69) is 10.3 Å². The van der Waals surface area contributed by atoms with Crippen molar-refractivity contribution in [3.05, 3.63) is 57.0 Å². The van der Waals surface area contributed by atoms with E-state index in [1.807, 2.05) is 0 Å². The van der Waals surface area contributed by atoms with Gasteiger partial charge in [0.25, 0.3) is 5.69 Å². The summed E-state index contributed by atoms with van der Waals surface area (Å²) < 4.78 is 12.9. The molecule has 1 aromatic heterocycles. The van der Waals surface area contributed by atoms with Crippen LogP contribution in [0.15, 0.2) is 30.5 Å². The lowest BCUT2D eigenvalue weighted by Crippen LogP contribution is -2.06. The molecule has 0 saturated heterocycles. The monoisotopic (exact) mass is 311 g/mol. The van der Waals surface area contributed by atoms with Gasteiger partial charge in [0, 0.05) is 6.07 Å². The summed E-state index contributed by atoms with van der Waals surface area (Å²) in [7, 11) is 0. The molecule has 0 aliphatic rings. The number of carboxylic acids is 1. The average molecular weight is 312 g/mol. The van der Waals surface area contributed by atoms with Gasteiger partial charge in [-0.15, -0.1) is 0 Å². The molecular weight excluding hydrogens is 305 g/mol. The third-order valence-electron chi connectivity index (χ3n) is 2.50. The topological polar surface area (TPSA) is 105 Å². The first-order valence-corrected chi connectivity index (χ1v) is 5.86. The van der Waals surface area contributed by atoms with E-state index < -0.39 is 28.0 Å². The largest absolute Gasteiger partial charge is 0.478 e. The SMILES string of the molecule is O=C(O)c1cc([N+](=O)[O-])cnc1Nc1ccc(F)cc1Cl. The average Bonchev–Trinajstić information content (AvgIpc) is 2.41. The van der Waals surface area contributed by atoms with E-state index in [0.717, 1.165) is 24.4 Å². The Balaban J connectivity index is 2.44. The van der Waals surface area contributed by atoms with Crippen molar-refractivity contribution in [2.24, 2.45) is 0 Å². The van der Waals surface area contributed by atoms with Crippen molar-refractivity contribution in [1.82, 2.24) is 4.98 Å². The quantitative estimate of drug-likeness (QED) is 0.663. The van der Waals surface area contributed by atoms with Gasteiger partial charge in [-0.2, -0.15) is 0 Å². The molecule has 0 aliphatic carbocycles. The van der Waals surface area contributed by atoms with Gasteiger partial charge < -0.3 is 10.4 Å². The van der Waals surface area contributed by atoms with Crippen molar-refractivity contribution in [2.75, 3.05) is 5.32 Å². The van der Waals surface area contributed by atoms with Crippen molar-refractivity contribution in [2.45, 2.75) is 0 Å². The molecule has 0 spiro atoms. The predicted octanol–water partition coefficient (Wildman–Crippen LogP) is 3.22. The maximum atomic E-state index is 12.9. The Kier molecular flexibility index (Phi) is 3.99. The summed E-state index contributed by atoms with van der Waals surface area (Å²) in [6.45, 7) is 0. The number of aromatic carboxylic acids is 1. The summed E-state index contributed by atoms with van der Waals surface area (Å²) in [5, 5.41) is 22.3. The van der Waals surface area contributed by atoms with E-state index >= 15 is 0 Å². The number of anilines is 2. The molecule has 9 heteroatoms. The van der Waals surface area contributed by atoms with Crippen LogP contribution >= 0.6 is 11.6 Å². The molecule has 2 rings (SSSR count). The van der Waals surface area contributed by atoms with Gasteiger partial charge in [0.1, 0.15) is 23.4 Å². The number of benzene rings is 1. The zero-order valence-corrected chi connectivity index (χ0v) is 11.0. The lowest BCUT2D eigenvalue weighted by molar-refractivity contribution is -0.385. The van der Waals surface area contributed by atoms with Crippen LogP contribution in [0.4, 0.5) is 21.6 Å². The van der Waals surface area contributed by atoms with E-state index in [4.69, 9.17) is 16.7 Å². The maximum Gasteiger partial charge on any atom is 0.339 e. The Labute approximate surface area is 122 Å². The molecule has 108 valence electrons. The first kappa shape index (κ1) is 14.7. The van der Waals surface area contributed by atoms with Gasteiger partial charge >= 0.3 is 5.97 Å². The first-order valence-electron chi connectivity index (χ1n) is 5.48. The fourth-order valence-electron chi connectivity index (χ4n) is 1.53. The first-order chi connectivity index (χ1) is 9.88. The number of nitro groups is 1. The second kappa shape index (κ2) is 5.71. The lowest BCUT2D eigenvalue weighted by atomic mass is 10.2. The second-order valence-corrected chi connectivity index (χ2v) is 4.31. The van der Waals surface area contributed by atoms with Crippen LogP contribution in [0.3, 0.4) is 0 Å². The van der Waals surface area contributed by atoms with Crippen LogP contribution in [-0.2, 0) is 0 Å². The van der Waals surface area contributed by atoms with Crippen LogP contribution < -0.4 is 5.32 Å². The van der Waals surface area contributed by atoms with Gasteiger partial charge in [-0.1, -0.05) is 11.6 Å². The summed E-state index contributed by atoms with van der Waals surface area (Å²) in [4.78, 5) is 24.7. The van der Waals surface area contributed by atoms with Crippen LogP contribution in [0, 0.1) is 15.9 Å². The molecule has 0 unspecified atom stereocenters. The number of hydrogen-bond donors (Lipinski definition) is 2. The van der Waals surface area contributed by atoms with Crippen LogP contribution in [0.2, 0.25) is 5.02 Å². The Hall–Kier alpha value is -2.74. The fraction of sp³-hybridized carbons (Fsp3) is 0. The van der Waals surface area contributed by atoms with Crippen LogP contribution in [-0.4, -0.2) is 21.0 Å². The van der Waals surface area contributed by atoms with Crippen molar-refractivity contribution in [3.8, 4) is 0 Å². The zero-order chi connectivity index (χ0) is 15.6. The third-order valence-corrected chi connectivity index (χ3v) is 2.81. The van der Waals surface area contributed by atoms with Gasteiger partial charge in [-0.25, -0.2) is 14.2 Å². The highest BCUT2D eigenvalue weighted by atomic mass is 35.5. The summed E-state index contributed by atoms with van der Waals surface area (Å²) in [6.07, 6.45) is 0.909. The Bertz CT molecular complexity index is 738. The Morgan fingerprint density at radius 2 is 2.14 bits per heavy atom. The molecule has 0 amide bonds. The third kappa shape index (κ3) is 3.23. The lowest BCUT2D eigenvalue weighted by Gasteiger charge is -2.09. The smallest absolute Gasteiger partial charge is 0.339 e. The molecule has 1 heterocycles. The number of hydrogen-bond acceptors (Lipinski definition) is 5. The number of nitrogens with zero attached hydrogens (tertiary/aromatic N) is 2. The van der Waals surface area contributed by atoms with Crippen LogP contribution in [0.1, 0.15) is 10.4 Å². The Morgan fingerprint density at radius 1 is 1.43 bits per heavy atom. The van der Waals surface area contributed by atoms with E-state index in [-0.39, 0.29) is 16.5 Å². The number of carbonyl (C=O) groups is 1. The van der Waals surface area contributed by atoms with E-state index in [0.29, 0.717) is 0 Å². The minimum atomic E-state index is -1.40. The zero-order valence-electron chi connectivity index (χ0n) is 10.2. The molecular formula is C12H7ClFN3O4. The molecule has 0 bridgehead atoms. The molecule has 0 atom stereocenters. The van der Waals surface area contributed by atoms with Gasteiger partial charge in [0.15, 0.2) is 0 Å². The van der Waals surface area contributed by atoms with E-state index in [9.17, 15) is 19.3 Å². The van der Waals surface area contributed by atoms with Crippen molar-refractivity contribution in [3.63, 3.8) is 0 Å². The molecule has 0 saturated carbocycles.